The van der Waals surface area contributed by atoms with Gasteiger partial charge in [0.2, 0.25) is 0 Å². The Morgan fingerprint density at radius 3 is 2.56 bits per heavy atom. The molecule has 3 rings (SSSR count). The number of rotatable bonds is 9. The van der Waals surface area contributed by atoms with Crippen molar-refractivity contribution in [1.82, 2.24) is 10.2 Å². The Morgan fingerprint density at radius 1 is 1.09 bits per heavy atom. The van der Waals surface area contributed by atoms with E-state index in [1.54, 1.807) is 18.3 Å². The number of hydrogen-bond donors (Lipinski definition) is 1. The lowest BCUT2D eigenvalue weighted by Gasteiger charge is -2.19. The Balaban J connectivity index is 1.54. The van der Waals surface area contributed by atoms with Crippen molar-refractivity contribution in [2.24, 2.45) is 0 Å². The largest absolute Gasteiger partial charge is 0.489 e. The third-order valence-corrected chi connectivity index (χ3v) is 5.48. The zero-order chi connectivity index (χ0) is 23.1. The van der Waals surface area contributed by atoms with Gasteiger partial charge in [0.15, 0.2) is 0 Å². The minimum Gasteiger partial charge on any atom is -0.489 e. The zero-order valence-corrected chi connectivity index (χ0v) is 18.7. The standard InChI is InChI=1S/C24H25F3N2O2S/c1-17(13-28-23(30)21-8-3-4-9-22(21)24(25,26)27)31-20-7-5-6-18(12-20)14-29(2)15-19-10-11-32-16-19/h3-12,16-17H,13-15H2,1-2H3,(H,28,30)/t17-/m1/s1. The number of carbonyl (C=O) groups excluding carboxylic acids is 1. The molecule has 0 aliphatic rings. The summed E-state index contributed by atoms with van der Waals surface area (Å²) in [7, 11) is 2.04. The topological polar surface area (TPSA) is 41.6 Å². The van der Waals surface area contributed by atoms with E-state index in [0.29, 0.717) is 5.75 Å². The first-order valence-corrected chi connectivity index (χ1v) is 11.1. The molecule has 0 saturated carbocycles. The van der Waals surface area contributed by atoms with Gasteiger partial charge in [-0.05, 0) is 66.2 Å². The summed E-state index contributed by atoms with van der Waals surface area (Å²) in [4.78, 5) is 14.5. The molecular weight excluding hydrogens is 437 g/mol. The van der Waals surface area contributed by atoms with Crippen LogP contribution in [0.15, 0.2) is 65.4 Å². The van der Waals surface area contributed by atoms with Crippen LogP contribution in [0.1, 0.15) is 34.0 Å². The quantitative estimate of drug-likeness (QED) is 0.450. The van der Waals surface area contributed by atoms with Crippen molar-refractivity contribution in [1.29, 1.82) is 0 Å². The monoisotopic (exact) mass is 462 g/mol. The number of halogens is 3. The molecule has 170 valence electrons. The van der Waals surface area contributed by atoms with Gasteiger partial charge in [0.25, 0.3) is 5.91 Å². The van der Waals surface area contributed by atoms with Crippen LogP contribution in [0.4, 0.5) is 13.2 Å². The maximum absolute atomic E-state index is 13.1. The molecule has 0 spiro atoms. The van der Waals surface area contributed by atoms with Crippen LogP contribution in [0.5, 0.6) is 5.75 Å². The summed E-state index contributed by atoms with van der Waals surface area (Å²) in [6.07, 6.45) is -5.01. The number of thiophene rings is 1. The average Bonchev–Trinajstić information content (AvgIpc) is 3.24. The fourth-order valence-corrected chi connectivity index (χ4v) is 3.97. The number of alkyl halides is 3. The molecule has 4 nitrogen and oxygen atoms in total. The molecule has 0 saturated heterocycles. The predicted molar refractivity (Wildman–Crippen MR) is 120 cm³/mol. The van der Waals surface area contributed by atoms with Gasteiger partial charge in [-0.15, -0.1) is 0 Å². The number of ether oxygens (including phenoxy) is 1. The normalized spacial score (nSPS) is 12.6. The van der Waals surface area contributed by atoms with E-state index >= 15 is 0 Å². The number of nitrogens with zero attached hydrogens (tertiary/aromatic N) is 1. The van der Waals surface area contributed by atoms with E-state index in [1.807, 2.05) is 31.3 Å². The van der Waals surface area contributed by atoms with Crippen LogP contribution in [-0.2, 0) is 19.3 Å². The summed E-state index contributed by atoms with van der Waals surface area (Å²) in [5.41, 5.74) is 0.991. The Kier molecular flexibility index (Phi) is 7.93. The minimum atomic E-state index is -4.59. The van der Waals surface area contributed by atoms with Crippen LogP contribution >= 0.6 is 11.3 Å². The van der Waals surface area contributed by atoms with Gasteiger partial charge in [0.05, 0.1) is 17.7 Å². The number of benzene rings is 2. The highest BCUT2D eigenvalue weighted by Crippen LogP contribution is 2.31. The Labute approximate surface area is 189 Å². The first kappa shape index (κ1) is 23.8. The van der Waals surface area contributed by atoms with Crippen molar-refractivity contribution in [2.45, 2.75) is 32.3 Å². The fourth-order valence-electron chi connectivity index (χ4n) is 3.31. The maximum Gasteiger partial charge on any atom is 0.417 e. The highest BCUT2D eigenvalue weighted by molar-refractivity contribution is 7.07. The van der Waals surface area contributed by atoms with Crippen molar-refractivity contribution in [2.75, 3.05) is 13.6 Å². The predicted octanol–water partition coefficient (Wildman–Crippen LogP) is 5.60. The van der Waals surface area contributed by atoms with Crippen LogP contribution in [-0.4, -0.2) is 30.5 Å². The first-order chi connectivity index (χ1) is 15.2. The van der Waals surface area contributed by atoms with Crippen LogP contribution in [0.25, 0.3) is 0 Å². The molecule has 0 radical (unpaired) electrons. The molecule has 1 heterocycles. The smallest absolute Gasteiger partial charge is 0.417 e. The molecule has 0 unspecified atom stereocenters. The molecule has 8 heteroatoms. The molecule has 0 aliphatic heterocycles. The van der Waals surface area contributed by atoms with Crippen molar-refractivity contribution in [3.8, 4) is 5.75 Å². The molecule has 3 aromatic rings. The van der Waals surface area contributed by atoms with Crippen molar-refractivity contribution >= 4 is 17.2 Å². The SMILES string of the molecule is C[C@H](CNC(=O)c1ccccc1C(F)(F)F)Oc1cccc(CN(C)Cc2ccsc2)c1. The van der Waals surface area contributed by atoms with Gasteiger partial charge in [0.1, 0.15) is 11.9 Å². The molecule has 0 bridgehead atoms. The van der Waals surface area contributed by atoms with Crippen LogP contribution in [0.3, 0.4) is 0 Å². The van der Waals surface area contributed by atoms with Gasteiger partial charge < -0.3 is 10.1 Å². The van der Waals surface area contributed by atoms with Crippen LogP contribution < -0.4 is 10.1 Å². The summed E-state index contributed by atoms with van der Waals surface area (Å²) in [6.45, 7) is 3.42. The molecule has 1 aromatic heterocycles. The minimum absolute atomic E-state index is 0.0767. The lowest BCUT2D eigenvalue weighted by molar-refractivity contribution is -0.137. The van der Waals surface area contributed by atoms with Gasteiger partial charge >= 0.3 is 6.18 Å². The zero-order valence-electron chi connectivity index (χ0n) is 17.9. The van der Waals surface area contributed by atoms with Gasteiger partial charge in [-0.25, -0.2) is 0 Å². The maximum atomic E-state index is 13.1. The summed E-state index contributed by atoms with van der Waals surface area (Å²) < 4.78 is 45.2. The average molecular weight is 463 g/mol. The van der Waals surface area contributed by atoms with Gasteiger partial charge in [0, 0.05) is 13.1 Å². The number of amides is 1. The molecular formula is C24H25F3N2O2S. The number of nitrogens with one attached hydrogen (secondary N) is 1. The lowest BCUT2D eigenvalue weighted by Crippen LogP contribution is -2.34. The summed E-state index contributed by atoms with van der Waals surface area (Å²) >= 11 is 1.67. The summed E-state index contributed by atoms with van der Waals surface area (Å²) in [5, 5.41) is 6.71. The first-order valence-electron chi connectivity index (χ1n) is 10.1. The third-order valence-electron chi connectivity index (χ3n) is 4.75. The third kappa shape index (κ3) is 6.83. The van der Waals surface area contributed by atoms with E-state index < -0.39 is 29.3 Å². The van der Waals surface area contributed by atoms with E-state index in [9.17, 15) is 18.0 Å². The Morgan fingerprint density at radius 2 is 1.84 bits per heavy atom. The molecule has 1 atom stereocenters. The van der Waals surface area contributed by atoms with Crippen molar-refractivity contribution < 1.29 is 22.7 Å². The number of carbonyl (C=O) groups is 1. The molecule has 32 heavy (non-hydrogen) atoms. The second kappa shape index (κ2) is 10.7. The molecule has 2 aromatic carbocycles. The van der Waals surface area contributed by atoms with E-state index in [2.05, 4.69) is 27.0 Å². The molecule has 0 fully saturated rings. The van der Waals surface area contributed by atoms with Gasteiger partial charge in [-0.1, -0.05) is 24.3 Å². The van der Waals surface area contributed by atoms with E-state index in [1.165, 1.54) is 23.8 Å². The van der Waals surface area contributed by atoms with E-state index in [4.69, 9.17) is 4.74 Å². The highest BCUT2D eigenvalue weighted by Gasteiger charge is 2.34. The molecule has 0 aliphatic carbocycles. The van der Waals surface area contributed by atoms with Crippen molar-refractivity contribution in [3.63, 3.8) is 0 Å². The Hall–Kier alpha value is -2.84. The van der Waals surface area contributed by atoms with Gasteiger partial charge in [-0.3, -0.25) is 9.69 Å². The van der Waals surface area contributed by atoms with Crippen molar-refractivity contribution in [3.05, 3.63) is 87.6 Å². The summed E-state index contributed by atoms with van der Waals surface area (Å²) in [6, 6.07) is 14.5. The fraction of sp³-hybridized carbons (Fsp3) is 0.292. The highest BCUT2D eigenvalue weighted by atomic mass is 32.1. The van der Waals surface area contributed by atoms with E-state index in [-0.39, 0.29) is 6.54 Å². The molecule has 1 amide bonds. The second-order valence-electron chi connectivity index (χ2n) is 7.63. The lowest BCUT2D eigenvalue weighted by atomic mass is 10.1. The van der Waals surface area contributed by atoms with Crippen LogP contribution in [0, 0.1) is 0 Å². The second-order valence-corrected chi connectivity index (χ2v) is 8.41. The van der Waals surface area contributed by atoms with E-state index in [0.717, 1.165) is 24.7 Å². The Bertz CT molecular complexity index is 1020. The van der Waals surface area contributed by atoms with Gasteiger partial charge in [-0.2, -0.15) is 24.5 Å². The molecule has 1 N–H and O–H groups in total. The van der Waals surface area contributed by atoms with Crippen LogP contribution in [0.2, 0.25) is 0 Å². The summed E-state index contributed by atoms with van der Waals surface area (Å²) in [5.74, 6) is -0.138. The number of hydrogen-bond acceptors (Lipinski definition) is 4.